The number of rotatable bonds is 5. The average molecular weight is 296 g/mol. The summed E-state index contributed by atoms with van der Waals surface area (Å²) in [5, 5.41) is 0.634. The average Bonchev–Trinajstić information content (AvgIpc) is 2.67. The predicted molar refractivity (Wildman–Crippen MR) is 80.0 cm³/mol. The summed E-state index contributed by atoms with van der Waals surface area (Å²) in [6, 6.07) is 7.46. The summed E-state index contributed by atoms with van der Waals surface area (Å²) < 4.78 is 8.55. The lowest BCUT2D eigenvalue weighted by Gasteiger charge is -2.13. The van der Waals surface area contributed by atoms with Crippen LogP contribution >= 0.6 is 11.6 Å². The molecule has 0 bridgehead atoms. The van der Waals surface area contributed by atoms with E-state index >= 15 is 0 Å². The van der Waals surface area contributed by atoms with Crippen molar-refractivity contribution in [2.75, 3.05) is 12.8 Å². The smallest absolute Gasteiger partial charge is 0.290 e. The summed E-state index contributed by atoms with van der Waals surface area (Å²) in [6.07, 6.45) is 0. The Morgan fingerprint density at radius 1 is 1.30 bits per heavy atom. The first-order valence-corrected chi connectivity index (χ1v) is 6.78. The van der Waals surface area contributed by atoms with Gasteiger partial charge < -0.3 is 10.5 Å². The summed E-state index contributed by atoms with van der Waals surface area (Å²) >= 11 is 6.15. The molecule has 0 aliphatic carbocycles. The van der Waals surface area contributed by atoms with E-state index in [4.69, 9.17) is 22.1 Å². The van der Waals surface area contributed by atoms with Crippen molar-refractivity contribution < 1.29 is 4.74 Å². The molecule has 0 aliphatic rings. The second kappa shape index (κ2) is 6.15. The van der Waals surface area contributed by atoms with Crippen molar-refractivity contribution in [2.45, 2.75) is 26.6 Å². The molecule has 0 saturated carbocycles. The molecule has 0 amide bonds. The van der Waals surface area contributed by atoms with E-state index in [9.17, 15) is 4.79 Å². The second-order valence-corrected chi connectivity index (χ2v) is 4.87. The third kappa shape index (κ3) is 2.59. The molecule has 5 nitrogen and oxygen atoms in total. The van der Waals surface area contributed by atoms with E-state index < -0.39 is 0 Å². The van der Waals surface area contributed by atoms with Gasteiger partial charge in [0.2, 0.25) is 0 Å². The number of benzene rings is 1. The Morgan fingerprint density at radius 3 is 2.60 bits per heavy atom. The van der Waals surface area contributed by atoms with Gasteiger partial charge in [0.25, 0.3) is 5.56 Å². The van der Waals surface area contributed by atoms with Crippen LogP contribution in [0.1, 0.15) is 18.2 Å². The Bertz CT molecular complexity index is 661. The SMILES string of the molecule is CCn1c(COC)c(N)c(=O)n1Cc1ccccc1Cl. The Kier molecular flexibility index (Phi) is 4.52. The van der Waals surface area contributed by atoms with Gasteiger partial charge in [-0.3, -0.25) is 9.48 Å². The maximum atomic E-state index is 12.3. The highest BCUT2D eigenvalue weighted by Gasteiger charge is 2.17. The zero-order chi connectivity index (χ0) is 14.7. The minimum Gasteiger partial charge on any atom is -0.393 e. The molecule has 0 saturated heterocycles. The Hall–Kier alpha value is -1.72. The maximum absolute atomic E-state index is 12.3. The van der Waals surface area contributed by atoms with Crippen LogP contribution in [0.5, 0.6) is 0 Å². The molecule has 0 fully saturated rings. The van der Waals surface area contributed by atoms with Gasteiger partial charge in [-0.2, -0.15) is 0 Å². The van der Waals surface area contributed by atoms with Crippen molar-refractivity contribution in [3.63, 3.8) is 0 Å². The minimum atomic E-state index is -0.209. The fraction of sp³-hybridized carbons (Fsp3) is 0.357. The number of nitrogen functional groups attached to an aromatic ring is 1. The first-order valence-electron chi connectivity index (χ1n) is 6.40. The van der Waals surface area contributed by atoms with Crippen LogP contribution in [0.15, 0.2) is 29.1 Å². The van der Waals surface area contributed by atoms with Crippen LogP contribution < -0.4 is 11.3 Å². The Balaban J connectivity index is 2.49. The molecule has 0 atom stereocenters. The van der Waals surface area contributed by atoms with Crippen molar-refractivity contribution >= 4 is 17.3 Å². The fourth-order valence-electron chi connectivity index (χ4n) is 2.25. The summed E-state index contributed by atoms with van der Waals surface area (Å²) in [4.78, 5) is 12.3. The molecule has 0 aliphatic heterocycles. The number of aromatic nitrogens is 2. The largest absolute Gasteiger partial charge is 0.393 e. The van der Waals surface area contributed by atoms with Crippen molar-refractivity contribution in [3.05, 3.63) is 50.9 Å². The van der Waals surface area contributed by atoms with Gasteiger partial charge in [0, 0.05) is 18.7 Å². The fourth-order valence-corrected chi connectivity index (χ4v) is 2.45. The summed E-state index contributed by atoms with van der Waals surface area (Å²) in [7, 11) is 1.58. The Labute approximate surface area is 122 Å². The first-order chi connectivity index (χ1) is 9.60. The molecular formula is C14H18ClN3O2. The van der Waals surface area contributed by atoms with Crippen molar-refractivity contribution in [1.82, 2.24) is 9.36 Å². The molecule has 0 unspecified atom stereocenters. The van der Waals surface area contributed by atoms with Gasteiger partial charge in [0.1, 0.15) is 5.69 Å². The lowest BCUT2D eigenvalue weighted by molar-refractivity contribution is 0.175. The molecule has 1 aromatic carbocycles. The second-order valence-electron chi connectivity index (χ2n) is 4.46. The van der Waals surface area contributed by atoms with Gasteiger partial charge in [-0.05, 0) is 18.6 Å². The zero-order valence-electron chi connectivity index (χ0n) is 11.6. The molecule has 6 heteroatoms. The minimum absolute atomic E-state index is 0.209. The van der Waals surface area contributed by atoms with E-state index in [1.807, 2.05) is 29.8 Å². The van der Waals surface area contributed by atoms with Gasteiger partial charge in [0.15, 0.2) is 0 Å². The van der Waals surface area contributed by atoms with Crippen molar-refractivity contribution in [2.24, 2.45) is 0 Å². The summed E-state index contributed by atoms with van der Waals surface area (Å²) in [5.74, 6) is 0. The summed E-state index contributed by atoms with van der Waals surface area (Å²) in [5.41, 5.74) is 7.50. The highest BCUT2D eigenvalue weighted by atomic mass is 35.5. The van der Waals surface area contributed by atoms with Crippen LogP contribution in [0.25, 0.3) is 0 Å². The van der Waals surface area contributed by atoms with Crippen LogP contribution in [0.3, 0.4) is 0 Å². The van der Waals surface area contributed by atoms with Crippen molar-refractivity contribution in [3.8, 4) is 0 Å². The number of nitrogens with two attached hydrogens (primary N) is 1. The van der Waals surface area contributed by atoms with Crippen LogP contribution in [0, 0.1) is 0 Å². The standard InChI is InChI=1S/C14H18ClN3O2/c1-3-17-12(9-20-2)13(16)14(19)18(17)8-10-6-4-5-7-11(10)15/h4-7H,3,8-9,16H2,1-2H3. The van der Waals surface area contributed by atoms with Crippen LogP contribution in [0.2, 0.25) is 5.02 Å². The highest BCUT2D eigenvalue weighted by Crippen LogP contribution is 2.17. The van der Waals surface area contributed by atoms with Gasteiger partial charge >= 0.3 is 0 Å². The van der Waals surface area contributed by atoms with Crippen LogP contribution in [-0.2, 0) is 24.4 Å². The molecule has 1 heterocycles. The van der Waals surface area contributed by atoms with Gasteiger partial charge in [-0.15, -0.1) is 0 Å². The first kappa shape index (κ1) is 14.7. The molecule has 20 heavy (non-hydrogen) atoms. The monoisotopic (exact) mass is 295 g/mol. The molecule has 0 radical (unpaired) electrons. The Morgan fingerprint density at radius 2 is 2.00 bits per heavy atom. The number of methoxy groups -OCH3 is 1. The highest BCUT2D eigenvalue weighted by molar-refractivity contribution is 6.31. The lowest BCUT2D eigenvalue weighted by atomic mass is 10.2. The molecule has 0 spiro atoms. The maximum Gasteiger partial charge on any atom is 0.290 e. The van der Waals surface area contributed by atoms with Gasteiger partial charge in [0.05, 0.1) is 18.8 Å². The molecule has 2 rings (SSSR count). The normalized spacial score (nSPS) is 10.9. The van der Waals surface area contributed by atoms with E-state index in [1.165, 1.54) is 0 Å². The zero-order valence-corrected chi connectivity index (χ0v) is 12.4. The van der Waals surface area contributed by atoms with E-state index in [0.29, 0.717) is 30.4 Å². The van der Waals surface area contributed by atoms with Gasteiger partial charge in [-0.25, -0.2) is 4.68 Å². The van der Waals surface area contributed by atoms with Crippen LogP contribution in [0.4, 0.5) is 5.69 Å². The number of ether oxygens (including phenoxy) is 1. The molecule has 2 aromatic rings. The van der Waals surface area contributed by atoms with E-state index in [-0.39, 0.29) is 11.2 Å². The number of nitrogens with zero attached hydrogens (tertiary/aromatic N) is 2. The third-order valence-electron chi connectivity index (χ3n) is 3.24. The predicted octanol–water partition coefficient (Wildman–Crippen LogP) is 2.10. The number of hydrogen-bond donors (Lipinski definition) is 1. The summed E-state index contributed by atoms with van der Waals surface area (Å²) in [6.45, 7) is 3.29. The van der Waals surface area contributed by atoms with E-state index in [0.717, 1.165) is 5.56 Å². The molecular weight excluding hydrogens is 278 g/mol. The third-order valence-corrected chi connectivity index (χ3v) is 3.61. The molecule has 1 aromatic heterocycles. The quantitative estimate of drug-likeness (QED) is 0.919. The van der Waals surface area contributed by atoms with Crippen LogP contribution in [-0.4, -0.2) is 16.5 Å². The van der Waals surface area contributed by atoms with E-state index in [2.05, 4.69) is 0 Å². The van der Waals surface area contributed by atoms with E-state index in [1.54, 1.807) is 17.9 Å². The lowest BCUT2D eigenvalue weighted by Crippen LogP contribution is -2.24. The topological polar surface area (TPSA) is 62.2 Å². The molecule has 2 N–H and O–H groups in total. The number of hydrogen-bond acceptors (Lipinski definition) is 3. The van der Waals surface area contributed by atoms with Gasteiger partial charge in [-0.1, -0.05) is 29.8 Å². The number of halogens is 1. The van der Waals surface area contributed by atoms with Crippen molar-refractivity contribution in [1.29, 1.82) is 0 Å². The number of anilines is 1. The molecule has 108 valence electrons.